The lowest BCUT2D eigenvalue weighted by molar-refractivity contribution is 0.100. The van der Waals surface area contributed by atoms with Crippen LogP contribution in [0, 0.1) is 24.8 Å². The van der Waals surface area contributed by atoms with Crippen molar-refractivity contribution in [2.75, 3.05) is 0 Å². The Morgan fingerprint density at radius 3 is 2.94 bits per heavy atom. The van der Waals surface area contributed by atoms with Gasteiger partial charge < -0.3 is 0 Å². The second kappa shape index (κ2) is 3.64. The van der Waals surface area contributed by atoms with Crippen LogP contribution in [0.2, 0.25) is 0 Å². The Kier molecular flexibility index (Phi) is 2.31. The van der Waals surface area contributed by atoms with Crippen molar-refractivity contribution in [3.05, 3.63) is 52.0 Å². The lowest BCUT2D eigenvalue weighted by Crippen LogP contribution is -1.91. The number of rotatable bonds is 0. The number of carbonyl (C=O) groups excluding carboxylic acids is 1. The fourth-order valence-electron chi connectivity index (χ4n) is 2.01. The van der Waals surface area contributed by atoms with E-state index in [0.29, 0.717) is 11.1 Å². The van der Waals surface area contributed by atoms with E-state index in [1.54, 1.807) is 6.07 Å². The summed E-state index contributed by atoms with van der Waals surface area (Å²) in [6.07, 6.45) is 0.172. The number of aryl methyl sites for hydroxylation is 1. The molecule has 1 aliphatic rings. The minimum absolute atomic E-state index is 0.00917. The molecule has 0 aliphatic heterocycles. The van der Waals surface area contributed by atoms with E-state index in [1.807, 2.05) is 25.1 Å². The molecule has 0 saturated carbocycles. The second-order valence-electron chi connectivity index (χ2n) is 3.65. The number of hydrogen-bond acceptors (Lipinski definition) is 2. The molecular weight excluding hydrogens is 200 g/mol. The number of nitrogens with zero attached hydrogens (tertiary/aromatic N) is 2. The first-order valence-electron chi connectivity index (χ1n) is 4.83. The van der Waals surface area contributed by atoms with Crippen LogP contribution in [0.3, 0.4) is 0 Å². The van der Waals surface area contributed by atoms with Gasteiger partial charge in [0.1, 0.15) is 0 Å². The largest absolute Gasteiger partial charge is 0.294 e. The molecule has 0 amide bonds. The highest BCUT2D eigenvalue weighted by Gasteiger charge is 2.27. The zero-order valence-corrected chi connectivity index (χ0v) is 8.74. The molecule has 0 atom stereocenters. The summed E-state index contributed by atoms with van der Waals surface area (Å²) in [7, 11) is 0. The molecule has 0 heterocycles. The number of allylic oxidation sites excluding steroid dienone is 2. The van der Waals surface area contributed by atoms with E-state index in [1.165, 1.54) is 0 Å². The van der Waals surface area contributed by atoms with Crippen LogP contribution in [0.1, 0.15) is 27.9 Å². The molecule has 0 N–H and O–H groups in total. The Labute approximate surface area is 93.4 Å². The molecular formula is C13H8N2O. The van der Waals surface area contributed by atoms with Crippen molar-refractivity contribution in [1.29, 1.82) is 5.26 Å². The summed E-state index contributed by atoms with van der Waals surface area (Å²) in [6, 6.07) is 7.31. The van der Waals surface area contributed by atoms with Gasteiger partial charge in [-0.2, -0.15) is 0 Å². The van der Waals surface area contributed by atoms with Gasteiger partial charge in [-0.05, 0) is 23.6 Å². The minimum atomic E-state index is -0.00917. The molecule has 3 heteroatoms. The topological polar surface area (TPSA) is 45.2 Å². The smallest absolute Gasteiger partial charge is 0.266 e. The number of benzene rings is 1. The maximum absolute atomic E-state index is 11.7. The van der Waals surface area contributed by atoms with Gasteiger partial charge in [-0.3, -0.25) is 4.79 Å². The molecule has 76 valence electrons. The van der Waals surface area contributed by atoms with Crippen LogP contribution in [0.5, 0.6) is 0 Å². The highest BCUT2D eigenvalue weighted by atomic mass is 16.1. The van der Waals surface area contributed by atoms with Crippen molar-refractivity contribution in [1.82, 2.24) is 0 Å². The van der Waals surface area contributed by atoms with Gasteiger partial charge in [0, 0.05) is 12.0 Å². The highest BCUT2D eigenvalue weighted by molar-refractivity contribution is 6.13. The van der Waals surface area contributed by atoms with Gasteiger partial charge >= 0.3 is 0 Å². The van der Waals surface area contributed by atoms with Crippen LogP contribution in [0.25, 0.3) is 10.4 Å². The van der Waals surface area contributed by atoms with E-state index in [9.17, 15) is 4.79 Å². The molecule has 0 spiro atoms. The molecule has 0 aromatic heterocycles. The number of fused-ring (bicyclic) bond motifs is 1. The summed E-state index contributed by atoms with van der Waals surface area (Å²) in [5, 5.41) is 8.86. The van der Waals surface area contributed by atoms with Gasteiger partial charge in [-0.25, -0.2) is 10.1 Å². The van der Waals surface area contributed by atoms with Gasteiger partial charge in [0.2, 0.25) is 0 Å². The normalized spacial score (nSPS) is 16.3. The standard InChI is InChI=1S/C13H8N2O/c1-8-4-3-5-9-12(16)6-10(13(8)9)11(7-14)15-2/h3-5H,6H2,1H3/b11-10+. The molecule has 1 aromatic carbocycles. The van der Waals surface area contributed by atoms with Crippen LogP contribution in [0.15, 0.2) is 23.9 Å². The van der Waals surface area contributed by atoms with Crippen LogP contribution in [-0.4, -0.2) is 5.78 Å². The molecule has 16 heavy (non-hydrogen) atoms. The average molecular weight is 208 g/mol. The number of ketones is 1. The first-order chi connectivity index (χ1) is 7.69. The summed E-state index contributed by atoms with van der Waals surface area (Å²) in [5.41, 5.74) is 2.96. The number of hydrogen-bond donors (Lipinski definition) is 0. The third kappa shape index (κ3) is 1.31. The third-order valence-corrected chi connectivity index (χ3v) is 2.72. The van der Waals surface area contributed by atoms with Gasteiger partial charge in [-0.1, -0.05) is 18.2 Å². The number of nitriles is 1. The Morgan fingerprint density at radius 1 is 1.56 bits per heavy atom. The summed E-state index contributed by atoms with van der Waals surface area (Å²) in [6.45, 7) is 8.82. The summed E-state index contributed by atoms with van der Waals surface area (Å²) < 4.78 is 0. The van der Waals surface area contributed by atoms with E-state index >= 15 is 0 Å². The van der Waals surface area contributed by atoms with E-state index < -0.39 is 0 Å². The van der Waals surface area contributed by atoms with Gasteiger partial charge in [0.05, 0.1) is 12.6 Å². The predicted molar refractivity (Wildman–Crippen MR) is 59.3 cm³/mol. The second-order valence-corrected chi connectivity index (χ2v) is 3.65. The molecule has 0 bridgehead atoms. The van der Waals surface area contributed by atoms with Crippen molar-refractivity contribution in [2.24, 2.45) is 0 Å². The molecule has 0 fully saturated rings. The van der Waals surface area contributed by atoms with Crippen molar-refractivity contribution < 1.29 is 4.79 Å². The Balaban J connectivity index is 2.79. The lowest BCUT2D eigenvalue weighted by Gasteiger charge is -2.04. The van der Waals surface area contributed by atoms with Crippen LogP contribution in [0.4, 0.5) is 0 Å². The maximum Gasteiger partial charge on any atom is 0.266 e. The van der Waals surface area contributed by atoms with Crippen LogP contribution < -0.4 is 0 Å². The van der Waals surface area contributed by atoms with Crippen molar-refractivity contribution in [3.8, 4) is 6.07 Å². The average Bonchev–Trinajstić information content (AvgIpc) is 2.60. The first-order valence-corrected chi connectivity index (χ1v) is 4.83. The van der Waals surface area contributed by atoms with Crippen LogP contribution in [-0.2, 0) is 0 Å². The molecule has 3 nitrogen and oxygen atoms in total. The van der Waals surface area contributed by atoms with Crippen molar-refractivity contribution in [3.63, 3.8) is 0 Å². The molecule has 1 aliphatic carbocycles. The summed E-state index contributed by atoms with van der Waals surface area (Å²) in [4.78, 5) is 14.9. The zero-order chi connectivity index (χ0) is 11.7. The van der Waals surface area contributed by atoms with Crippen molar-refractivity contribution in [2.45, 2.75) is 13.3 Å². The monoisotopic (exact) mass is 208 g/mol. The molecule has 2 rings (SSSR count). The lowest BCUT2D eigenvalue weighted by atomic mass is 10.0. The molecule has 1 aromatic rings. The fourth-order valence-corrected chi connectivity index (χ4v) is 2.01. The molecule has 0 radical (unpaired) electrons. The number of carbonyl (C=O) groups is 1. The zero-order valence-electron chi connectivity index (χ0n) is 8.74. The quantitative estimate of drug-likeness (QED) is 0.486. The third-order valence-electron chi connectivity index (χ3n) is 2.72. The Hall–Kier alpha value is -2.39. The summed E-state index contributed by atoms with van der Waals surface area (Å²) >= 11 is 0. The Morgan fingerprint density at radius 2 is 2.31 bits per heavy atom. The van der Waals surface area contributed by atoms with Gasteiger partial charge in [0.15, 0.2) is 5.78 Å². The molecule has 0 saturated heterocycles. The van der Waals surface area contributed by atoms with E-state index in [4.69, 9.17) is 11.8 Å². The van der Waals surface area contributed by atoms with Crippen molar-refractivity contribution >= 4 is 11.4 Å². The Bertz CT molecular complexity index is 581. The van der Waals surface area contributed by atoms with Gasteiger partial charge in [0.25, 0.3) is 5.70 Å². The number of Topliss-reactive ketones (excluding diaryl/α,β-unsaturated/α-hetero) is 1. The van der Waals surface area contributed by atoms with E-state index in [0.717, 1.165) is 11.1 Å². The summed E-state index contributed by atoms with van der Waals surface area (Å²) in [5.74, 6) is -0.00917. The SMILES string of the molecule is [C-]#[N+]/C(C#N)=C1\CC(=O)c2cccc(C)c21. The minimum Gasteiger partial charge on any atom is -0.294 e. The van der Waals surface area contributed by atoms with Crippen LogP contribution >= 0.6 is 0 Å². The highest BCUT2D eigenvalue weighted by Crippen LogP contribution is 2.36. The fraction of sp³-hybridized carbons (Fsp3) is 0.154. The van der Waals surface area contributed by atoms with E-state index in [2.05, 4.69) is 4.85 Å². The van der Waals surface area contributed by atoms with E-state index in [-0.39, 0.29) is 17.9 Å². The molecule has 0 unspecified atom stereocenters. The first kappa shape index (κ1) is 10.1. The van der Waals surface area contributed by atoms with Gasteiger partial charge in [-0.15, -0.1) is 0 Å². The predicted octanol–water partition coefficient (Wildman–Crippen LogP) is 2.74. The maximum atomic E-state index is 11.7.